The predicted octanol–water partition coefficient (Wildman–Crippen LogP) is 4.43. The monoisotopic (exact) mass is 505 g/mol. The molecule has 1 saturated heterocycles. The predicted molar refractivity (Wildman–Crippen MR) is 132 cm³/mol. The lowest BCUT2D eigenvalue weighted by Gasteiger charge is -2.35. The van der Waals surface area contributed by atoms with Crippen LogP contribution >= 0.6 is 15.9 Å². The fourth-order valence-corrected chi connectivity index (χ4v) is 4.25. The van der Waals surface area contributed by atoms with Crippen LogP contribution in [0.1, 0.15) is 16.8 Å². The lowest BCUT2D eigenvalue weighted by Crippen LogP contribution is -2.51. The molecule has 0 bridgehead atoms. The van der Waals surface area contributed by atoms with Gasteiger partial charge in [0.05, 0.1) is 5.56 Å². The van der Waals surface area contributed by atoms with Crippen LogP contribution < -0.4 is 5.32 Å². The Morgan fingerprint density at radius 3 is 1.97 bits per heavy atom. The first kappa shape index (κ1) is 22.7. The lowest BCUT2D eigenvalue weighted by atomic mass is 10.1. The van der Waals surface area contributed by atoms with E-state index in [0.29, 0.717) is 37.4 Å². The van der Waals surface area contributed by atoms with Crippen LogP contribution in [0.5, 0.6) is 0 Å². The molecule has 0 unspecified atom stereocenters. The van der Waals surface area contributed by atoms with Crippen molar-refractivity contribution >= 4 is 39.3 Å². The van der Waals surface area contributed by atoms with Crippen molar-refractivity contribution in [1.29, 1.82) is 0 Å². The average Bonchev–Trinajstić information content (AvgIpc) is 2.85. The molecule has 0 radical (unpaired) electrons. The summed E-state index contributed by atoms with van der Waals surface area (Å²) in [5.41, 5.74) is 3.41. The lowest BCUT2D eigenvalue weighted by molar-refractivity contribution is -0.135. The number of nitrogens with zero attached hydrogens (tertiary/aromatic N) is 2. The number of rotatable bonds is 5. The van der Waals surface area contributed by atoms with Crippen molar-refractivity contribution < 1.29 is 14.4 Å². The zero-order valence-electron chi connectivity index (χ0n) is 18.0. The van der Waals surface area contributed by atoms with Gasteiger partial charge in [0.15, 0.2) is 0 Å². The molecule has 3 aromatic rings. The van der Waals surface area contributed by atoms with Crippen LogP contribution in [0.3, 0.4) is 0 Å². The second-order valence-corrected chi connectivity index (χ2v) is 8.68. The molecule has 1 heterocycles. The highest BCUT2D eigenvalue weighted by atomic mass is 79.9. The third kappa shape index (κ3) is 5.68. The molecule has 0 spiro atoms. The smallest absolute Gasteiger partial charge is 0.255 e. The number of hydrogen-bond acceptors (Lipinski definition) is 3. The van der Waals surface area contributed by atoms with Crippen LogP contribution in [0.2, 0.25) is 0 Å². The van der Waals surface area contributed by atoms with Crippen LogP contribution in [-0.4, -0.2) is 53.7 Å². The van der Waals surface area contributed by atoms with Crippen molar-refractivity contribution in [3.05, 3.63) is 88.9 Å². The van der Waals surface area contributed by atoms with Crippen LogP contribution in [-0.2, 0) is 9.59 Å². The summed E-state index contributed by atoms with van der Waals surface area (Å²) in [6.45, 7) is 1.70. The molecule has 1 fully saturated rings. The molecule has 3 amide bonds. The van der Waals surface area contributed by atoms with E-state index in [-0.39, 0.29) is 24.1 Å². The van der Waals surface area contributed by atoms with Gasteiger partial charge in [-0.3, -0.25) is 14.4 Å². The average molecular weight is 506 g/mol. The fraction of sp³-hybridized carbons (Fsp3) is 0.192. The largest absolute Gasteiger partial charge is 0.339 e. The molecule has 1 aliphatic rings. The van der Waals surface area contributed by atoms with Gasteiger partial charge >= 0.3 is 0 Å². The summed E-state index contributed by atoms with van der Waals surface area (Å²) in [7, 11) is 0. The molecule has 3 aromatic carbocycles. The number of carbonyl (C=O) groups excluding carboxylic acids is 3. The van der Waals surface area contributed by atoms with Crippen molar-refractivity contribution in [3.63, 3.8) is 0 Å². The zero-order chi connectivity index (χ0) is 23.2. The Balaban J connectivity index is 1.26. The van der Waals surface area contributed by atoms with Crippen LogP contribution in [0.4, 0.5) is 5.69 Å². The minimum absolute atomic E-state index is 0.0636. The highest BCUT2D eigenvalue weighted by Crippen LogP contribution is 2.21. The van der Waals surface area contributed by atoms with Crippen molar-refractivity contribution in [1.82, 2.24) is 9.80 Å². The van der Waals surface area contributed by atoms with Crippen molar-refractivity contribution in [2.24, 2.45) is 0 Å². The Hall–Kier alpha value is -3.45. The molecular weight excluding hydrogens is 482 g/mol. The summed E-state index contributed by atoms with van der Waals surface area (Å²) in [5, 5.41) is 2.79. The summed E-state index contributed by atoms with van der Waals surface area (Å²) in [6.07, 6.45) is -0.224. The number of carbonyl (C=O) groups is 3. The molecule has 0 saturated carbocycles. The highest BCUT2D eigenvalue weighted by molar-refractivity contribution is 9.10. The number of amides is 3. The number of nitrogens with one attached hydrogen (secondary N) is 1. The summed E-state index contributed by atoms with van der Waals surface area (Å²) in [6, 6.07) is 24.8. The van der Waals surface area contributed by atoms with Crippen LogP contribution in [0, 0.1) is 0 Å². The van der Waals surface area contributed by atoms with Gasteiger partial charge in [-0.1, -0.05) is 54.6 Å². The maximum Gasteiger partial charge on any atom is 0.255 e. The first-order valence-corrected chi connectivity index (χ1v) is 11.6. The van der Waals surface area contributed by atoms with Gasteiger partial charge in [-0.15, -0.1) is 0 Å². The normalized spacial score (nSPS) is 13.5. The van der Waals surface area contributed by atoms with E-state index in [2.05, 4.69) is 21.2 Å². The molecule has 0 aliphatic carbocycles. The first-order chi connectivity index (χ1) is 16.0. The van der Waals surface area contributed by atoms with E-state index in [0.717, 1.165) is 15.6 Å². The Kier molecular flexibility index (Phi) is 7.19. The number of piperazine rings is 1. The molecule has 168 valence electrons. The molecule has 6 nitrogen and oxygen atoms in total. The van der Waals surface area contributed by atoms with Gasteiger partial charge in [-0.2, -0.15) is 0 Å². The molecule has 1 aliphatic heterocycles. The molecule has 0 atom stereocenters. The Bertz CT molecular complexity index is 1140. The van der Waals surface area contributed by atoms with E-state index < -0.39 is 0 Å². The second kappa shape index (κ2) is 10.4. The third-order valence-corrected chi connectivity index (χ3v) is 6.30. The second-order valence-electron chi connectivity index (χ2n) is 7.82. The molecule has 4 rings (SSSR count). The summed E-state index contributed by atoms with van der Waals surface area (Å²) in [4.78, 5) is 41.1. The van der Waals surface area contributed by atoms with Gasteiger partial charge in [-0.05, 0) is 51.3 Å². The fourth-order valence-electron chi connectivity index (χ4n) is 3.79. The summed E-state index contributed by atoms with van der Waals surface area (Å²) < 4.78 is 0.752. The number of halogens is 1. The Morgan fingerprint density at radius 1 is 0.727 bits per heavy atom. The van der Waals surface area contributed by atoms with Crippen LogP contribution in [0.25, 0.3) is 11.1 Å². The van der Waals surface area contributed by atoms with Crippen molar-refractivity contribution in [2.45, 2.75) is 6.42 Å². The summed E-state index contributed by atoms with van der Waals surface area (Å²) in [5.74, 6) is -0.646. The summed E-state index contributed by atoms with van der Waals surface area (Å²) >= 11 is 3.41. The van der Waals surface area contributed by atoms with E-state index >= 15 is 0 Å². The van der Waals surface area contributed by atoms with Crippen molar-refractivity contribution in [3.8, 4) is 11.1 Å². The van der Waals surface area contributed by atoms with Gasteiger partial charge < -0.3 is 15.1 Å². The standard InChI is InChI=1S/C26H24BrN3O3/c27-23-9-5-4-8-22(23)26(33)30-16-14-29(15-17-30)25(32)18-24(31)28-21-12-10-20(11-13-21)19-6-2-1-3-7-19/h1-13H,14-18H2,(H,28,31). The SMILES string of the molecule is O=C(CC(=O)N1CCN(C(=O)c2ccccc2Br)CC1)Nc1ccc(-c2ccccc2)cc1. The molecular formula is C26H24BrN3O3. The van der Waals surface area contributed by atoms with Gasteiger partial charge in [0.25, 0.3) is 5.91 Å². The molecule has 7 heteroatoms. The van der Waals surface area contributed by atoms with Crippen molar-refractivity contribution in [2.75, 3.05) is 31.5 Å². The van der Waals surface area contributed by atoms with E-state index in [1.165, 1.54) is 0 Å². The number of anilines is 1. The molecule has 0 aromatic heterocycles. The van der Waals surface area contributed by atoms with E-state index in [4.69, 9.17) is 0 Å². The zero-order valence-corrected chi connectivity index (χ0v) is 19.6. The molecule has 1 N–H and O–H groups in total. The van der Waals surface area contributed by atoms with Crippen LogP contribution in [0.15, 0.2) is 83.3 Å². The van der Waals surface area contributed by atoms with E-state index in [1.54, 1.807) is 15.9 Å². The maximum atomic E-state index is 12.7. The minimum Gasteiger partial charge on any atom is -0.339 e. The minimum atomic E-state index is -0.348. The first-order valence-electron chi connectivity index (χ1n) is 10.8. The van der Waals surface area contributed by atoms with Gasteiger partial charge in [0, 0.05) is 36.3 Å². The maximum absolute atomic E-state index is 12.7. The quantitative estimate of drug-likeness (QED) is 0.521. The number of hydrogen-bond donors (Lipinski definition) is 1. The Morgan fingerprint density at radius 2 is 1.30 bits per heavy atom. The third-order valence-electron chi connectivity index (χ3n) is 5.61. The van der Waals surface area contributed by atoms with Gasteiger partial charge in [0.1, 0.15) is 6.42 Å². The number of benzene rings is 3. The molecule has 33 heavy (non-hydrogen) atoms. The highest BCUT2D eigenvalue weighted by Gasteiger charge is 2.26. The van der Waals surface area contributed by atoms with E-state index in [9.17, 15) is 14.4 Å². The Labute approximate surface area is 201 Å². The van der Waals surface area contributed by atoms with Gasteiger partial charge in [0.2, 0.25) is 11.8 Å². The van der Waals surface area contributed by atoms with Gasteiger partial charge in [-0.25, -0.2) is 0 Å². The topological polar surface area (TPSA) is 69.7 Å². The van der Waals surface area contributed by atoms with E-state index in [1.807, 2.05) is 72.8 Å².